The number of aromatic nitrogens is 1. The van der Waals surface area contributed by atoms with Crippen molar-refractivity contribution in [2.45, 2.75) is 6.42 Å². The molecule has 1 fully saturated rings. The Bertz CT molecular complexity index is 1130. The molecule has 4 rings (SSSR count). The van der Waals surface area contributed by atoms with E-state index in [9.17, 15) is 9.59 Å². The number of amides is 2. The number of rotatable bonds is 6. The number of carbonyl (C=O) groups is 2. The normalized spacial score (nSPS) is 13.7. The molecule has 1 aliphatic heterocycles. The van der Waals surface area contributed by atoms with E-state index in [0.717, 1.165) is 18.8 Å². The van der Waals surface area contributed by atoms with Crippen molar-refractivity contribution >= 4 is 23.3 Å². The van der Waals surface area contributed by atoms with Crippen LogP contribution >= 0.6 is 0 Å². The van der Waals surface area contributed by atoms with Crippen molar-refractivity contribution in [2.24, 2.45) is 0 Å². The van der Waals surface area contributed by atoms with Crippen molar-refractivity contribution in [1.82, 2.24) is 9.88 Å². The Morgan fingerprint density at radius 3 is 2.35 bits per heavy atom. The highest BCUT2D eigenvalue weighted by molar-refractivity contribution is 6.04. The minimum absolute atomic E-state index is 0.00491. The summed E-state index contributed by atoms with van der Waals surface area (Å²) in [4.78, 5) is 34.0. The quantitative estimate of drug-likeness (QED) is 0.604. The molecule has 0 aliphatic carbocycles. The Morgan fingerprint density at radius 1 is 0.853 bits per heavy atom. The number of hydrogen-bond acceptors (Lipinski definition) is 6. The van der Waals surface area contributed by atoms with Crippen LogP contribution in [0, 0.1) is 0 Å². The summed E-state index contributed by atoms with van der Waals surface area (Å²) in [6, 6.07) is 17.9. The van der Waals surface area contributed by atoms with Gasteiger partial charge >= 0.3 is 0 Å². The maximum Gasteiger partial charge on any atom is 0.255 e. The van der Waals surface area contributed by atoms with E-state index in [1.165, 1.54) is 0 Å². The fraction of sp³-hybridized carbons (Fsp3) is 0.269. The number of nitrogens with zero attached hydrogens (tertiary/aromatic N) is 3. The lowest BCUT2D eigenvalue weighted by molar-refractivity contribution is 0.0766. The summed E-state index contributed by atoms with van der Waals surface area (Å²) in [6.07, 6.45) is 2.49. The van der Waals surface area contributed by atoms with E-state index in [1.807, 2.05) is 35.2 Å². The molecule has 1 N–H and O–H groups in total. The van der Waals surface area contributed by atoms with E-state index < -0.39 is 0 Å². The average molecular weight is 461 g/mol. The number of ether oxygens (including phenoxy) is 2. The molecular weight excluding hydrogens is 432 g/mol. The van der Waals surface area contributed by atoms with E-state index >= 15 is 0 Å². The maximum absolute atomic E-state index is 13.0. The lowest BCUT2D eigenvalue weighted by Crippen LogP contribution is -2.35. The molecule has 1 aromatic heterocycles. The van der Waals surface area contributed by atoms with Crippen LogP contribution in [0.4, 0.5) is 11.5 Å². The van der Waals surface area contributed by atoms with Gasteiger partial charge in [-0.3, -0.25) is 9.59 Å². The van der Waals surface area contributed by atoms with Gasteiger partial charge in [-0.1, -0.05) is 6.07 Å². The summed E-state index contributed by atoms with van der Waals surface area (Å²) in [7, 11) is 3.18. The van der Waals surface area contributed by atoms with Gasteiger partial charge in [-0.15, -0.1) is 0 Å². The first-order chi connectivity index (χ1) is 16.6. The zero-order chi connectivity index (χ0) is 23.9. The van der Waals surface area contributed by atoms with E-state index in [0.29, 0.717) is 47.9 Å². The smallest absolute Gasteiger partial charge is 0.255 e. The van der Waals surface area contributed by atoms with E-state index in [4.69, 9.17) is 9.47 Å². The number of hydrogen-bond donors (Lipinski definition) is 1. The van der Waals surface area contributed by atoms with Crippen molar-refractivity contribution in [1.29, 1.82) is 0 Å². The van der Waals surface area contributed by atoms with Gasteiger partial charge in [-0.2, -0.15) is 0 Å². The summed E-state index contributed by atoms with van der Waals surface area (Å²) < 4.78 is 10.4. The molecule has 1 saturated heterocycles. The lowest BCUT2D eigenvalue weighted by atomic mass is 10.2. The first-order valence-electron chi connectivity index (χ1n) is 11.2. The topological polar surface area (TPSA) is 84.0 Å². The van der Waals surface area contributed by atoms with Gasteiger partial charge in [-0.05, 0) is 61.0 Å². The summed E-state index contributed by atoms with van der Waals surface area (Å²) in [5, 5.41) is 2.86. The first kappa shape index (κ1) is 23.1. The molecule has 8 nitrogen and oxygen atoms in total. The minimum atomic E-state index is -0.210. The minimum Gasteiger partial charge on any atom is -0.497 e. The molecule has 0 unspecified atom stereocenters. The van der Waals surface area contributed by atoms with Crippen molar-refractivity contribution in [2.75, 3.05) is 50.6 Å². The van der Waals surface area contributed by atoms with E-state index in [-0.39, 0.29) is 11.8 Å². The van der Waals surface area contributed by atoms with Gasteiger partial charge < -0.3 is 24.6 Å². The van der Waals surface area contributed by atoms with Gasteiger partial charge in [0.05, 0.1) is 26.1 Å². The van der Waals surface area contributed by atoms with Crippen LogP contribution < -0.4 is 19.7 Å². The van der Waals surface area contributed by atoms with Crippen molar-refractivity contribution in [3.63, 3.8) is 0 Å². The number of anilines is 2. The first-order valence-corrected chi connectivity index (χ1v) is 11.2. The highest BCUT2D eigenvalue weighted by Crippen LogP contribution is 2.20. The van der Waals surface area contributed by atoms with Crippen LogP contribution in [0.5, 0.6) is 11.5 Å². The third-order valence-electron chi connectivity index (χ3n) is 5.78. The molecule has 8 heteroatoms. The van der Waals surface area contributed by atoms with Crippen LogP contribution in [0.25, 0.3) is 0 Å². The second kappa shape index (κ2) is 10.7. The molecule has 0 atom stereocenters. The molecule has 176 valence electrons. The van der Waals surface area contributed by atoms with Crippen molar-refractivity contribution < 1.29 is 19.1 Å². The fourth-order valence-electron chi connectivity index (χ4n) is 3.88. The maximum atomic E-state index is 13.0. The fourth-order valence-corrected chi connectivity index (χ4v) is 3.88. The van der Waals surface area contributed by atoms with Crippen molar-refractivity contribution in [3.8, 4) is 11.5 Å². The third-order valence-corrected chi connectivity index (χ3v) is 5.78. The third kappa shape index (κ3) is 5.46. The van der Waals surface area contributed by atoms with Crippen LogP contribution in [-0.2, 0) is 0 Å². The molecule has 1 aliphatic rings. The molecule has 0 radical (unpaired) electrons. The van der Waals surface area contributed by atoms with Gasteiger partial charge in [-0.25, -0.2) is 4.98 Å². The summed E-state index contributed by atoms with van der Waals surface area (Å²) >= 11 is 0. The van der Waals surface area contributed by atoms with Gasteiger partial charge in [0.2, 0.25) is 0 Å². The predicted octanol–water partition coefficient (Wildman–Crippen LogP) is 3.70. The van der Waals surface area contributed by atoms with Crippen LogP contribution in [0.15, 0.2) is 66.9 Å². The molecule has 2 heterocycles. The highest BCUT2D eigenvalue weighted by Gasteiger charge is 2.21. The summed E-state index contributed by atoms with van der Waals surface area (Å²) in [5.74, 6) is 1.98. The molecule has 34 heavy (non-hydrogen) atoms. The summed E-state index contributed by atoms with van der Waals surface area (Å²) in [6.45, 7) is 2.77. The largest absolute Gasteiger partial charge is 0.497 e. The molecule has 0 saturated carbocycles. The molecule has 3 aromatic rings. The van der Waals surface area contributed by atoms with Gasteiger partial charge in [0.25, 0.3) is 11.8 Å². The van der Waals surface area contributed by atoms with Crippen LogP contribution in [0.1, 0.15) is 27.1 Å². The Hall–Kier alpha value is -4.07. The van der Waals surface area contributed by atoms with Crippen LogP contribution in [-0.4, -0.2) is 62.1 Å². The van der Waals surface area contributed by atoms with E-state index in [2.05, 4.69) is 15.2 Å². The Balaban J connectivity index is 1.35. The standard InChI is InChI=1S/C26H28N4O4/c1-33-22-10-7-19(8-11-22)25(31)28-21-9-12-24(27-18-21)29-13-4-14-30(16-15-29)26(32)20-5-3-6-23(17-20)34-2/h3,5-12,17-18H,4,13-16H2,1-2H3,(H,28,31). The number of nitrogens with one attached hydrogen (secondary N) is 1. The number of methoxy groups -OCH3 is 2. The monoisotopic (exact) mass is 460 g/mol. The lowest BCUT2D eigenvalue weighted by Gasteiger charge is -2.23. The Morgan fingerprint density at radius 2 is 1.65 bits per heavy atom. The second-order valence-electron chi connectivity index (χ2n) is 7.95. The second-order valence-corrected chi connectivity index (χ2v) is 7.95. The summed E-state index contributed by atoms with van der Waals surface area (Å²) in [5.41, 5.74) is 1.79. The predicted molar refractivity (Wildman–Crippen MR) is 131 cm³/mol. The highest BCUT2D eigenvalue weighted by atomic mass is 16.5. The number of pyridine rings is 1. The number of benzene rings is 2. The van der Waals surface area contributed by atoms with Crippen molar-refractivity contribution in [3.05, 3.63) is 78.0 Å². The molecular formula is C26H28N4O4. The molecule has 0 bridgehead atoms. The van der Waals surface area contributed by atoms with Crippen LogP contribution in [0.2, 0.25) is 0 Å². The van der Waals surface area contributed by atoms with Gasteiger partial charge in [0.1, 0.15) is 17.3 Å². The van der Waals surface area contributed by atoms with E-state index in [1.54, 1.807) is 50.7 Å². The van der Waals surface area contributed by atoms with Gasteiger partial charge in [0, 0.05) is 37.3 Å². The van der Waals surface area contributed by atoms with Crippen LogP contribution in [0.3, 0.4) is 0 Å². The molecule has 2 aromatic carbocycles. The Kier molecular flexibility index (Phi) is 7.27. The SMILES string of the molecule is COc1ccc(C(=O)Nc2ccc(N3CCCN(C(=O)c4cccc(OC)c4)CC3)nc2)cc1. The Labute approximate surface area is 199 Å². The number of carbonyl (C=O) groups excluding carboxylic acids is 2. The zero-order valence-electron chi connectivity index (χ0n) is 19.4. The van der Waals surface area contributed by atoms with Gasteiger partial charge in [0.15, 0.2) is 0 Å². The molecule has 2 amide bonds. The molecule has 0 spiro atoms. The zero-order valence-corrected chi connectivity index (χ0v) is 19.4. The average Bonchev–Trinajstić information content (AvgIpc) is 3.15.